The van der Waals surface area contributed by atoms with Crippen LogP contribution in [0.1, 0.15) is 18.9 Å². The highest BCUT2D eigenvalue weighted by Crippen LogP contribution is 2.00. The van der Waals surface area contributed by atoms with E-state index in [1.54, 1.807) is 6.08 Å². The largest absolute Gasteiger partial charge is 0.394 e. The molecule has 1 aromatic carbocycles. The van der Waals surface area contributed by atoms with Gasteiger partial charge in [-0.25, -0.2) is 0 Å². The number of carbonyl (C=O) groups is 1. The van der Waals surface area contributed by atoms with Crippen LogP contribution in [0.4, 0.5) is 0 Å². The SMILES string of the molecule is CC[C@@H](CO)NC(=O)/C=C/c1ccccc1. The molecule has 3 heteroatoms. The summed E-state index contributed by atoms with van der Waals surface area (Å²) in [5.41, 5.74) is 0.981. The van der Waals surface area contributed by atoms with Crippen molar-refractivity contribution in [1.82, 2.24) is 5.32 Å². The lowest BCUT2D eigenvalue weighted by atomic mass is 10.2. The number of hydrogen-bond acceptors (Lipinski definition) is 2. The van der Waals surface area contributed by atoms with Gasteiger partial charge in [0.25, 0.3) is 0 Å². The van der Waals surface area contributed by atoms with Crippen LogP contribution in [0.15, 0.2) is 36.4 Å². The summed E-state index contributed by atoms with van der Waals surface area (Å²) in [5.74, 6) is -0.176. The standard InChI is InChI=1S/C13H17NO2/c1-2-12(10-15)14-13(16)9-8-11-6-4-3-5-7-11/h3-9,12,15H,2,10H2,1H3,(H,14,16)/b9-8+/t12-/m0/s1. The number of aliphatic hydroxyl groups is 1. The highest BCUT2D eigenvalue weighted by Gasteiger charge is 2.05. The van der Waals surface area contributed by atoms with Gasteiger partial charge in [-0.3, -0.25) is 4.79 Å². The number of carbonyl (C=O) groups excluding carboxylic acids is 1. The van der Waals surface area contributed by atoms with E-state index in [1.165, 1.54) is 6.08 Å². The highest BCUT2D eigenvalue weighted by molar-refractivity contribution is 5.91. The summed E-state index contributed by atoms with van der Waals surface area (Å²) in [6.07, 6.45) is 3.95. The Morgan fingerprint density at radius 1 is 1.44 bits per heavy atom. The fourth-order valence-corrected chi connectivity index (χ4v) is 1.26. The van der Waals surface area contributed by atoms with E-state index in [-0.39, 0.29) is 18.6 Å². The Kier molecular flexibility index (Phi) is 5.29. The first kappa shape index (κ1) is 12.5. The van der Waals surface area contributed by atoms with E-state index in [4.69, 9.17) is 5.11 Å². The monoisotopic (exact) mass is 219 g/mol. The first-order chi connectivity index (χ1) is 7.76. The average molecular weight is 219 g/mol. The molecule has 0 bridgehead atoms. The van der Waals surface area contributed by atoms with E-state index in [1.807, 2.05) is 37.3 Å². The van der Waals surface area contributed by atoms with Crippen molar-refractivity contribution in [2.75, 3.05) is 6.61 Å². The lowest BCUT2D eigenvalue weighted by molar-refractivity contribution is -0.117. The first-order valence-electron chi connectivity index (χ1n) is 5.40. The van der Waals surface area contributed by atoms with Crippen molar-refractivity contribution in [2.24, 2.45) is 0 Å². The van der Waals surface area contributed by atoms with Gasteiger partial charge in [0.15, 0.2) is 0 Å². The van der Waals surface area contributed by atoms with Crippen LogP contribution in [-0.2, 0) is 4.79 Å². The van der Waals surface area contributed by atoms with Crippen LogP contribution < -0.4 is 5.32 Å². The molecule has 1 atom stereocenters. The average Bonchev–Trinajstić information content (AvgIpc) is 2.34. The summed E-state index contributed by atoms with van der Waals surface area (Å²) < 4.78 is 0. The summed E-state index contributed by atoms with van der Waals surface area (Å²) in [6, 6.07) is 9.45. The zero-order valence-electron chi connectivity index (χ0n) is 9.39. The molecule has 16 heavy (non-hydrogen) atoms. The van der Waals surface area contributed by atoms with Gasteiger partial charge in [-0.05, 0) is 18.1 Å². The van der Waals surface area contributed by atoms with Crippen molar-refractivity contribution in [2.45, 2.75) is 19.4 Å². The quantitative estimate of drug-likeness (QED) is 0.739. The van der Waals surface area contributed by atoms with Gasteiger partial charge in [-0.2, -0.15) is 0 Å². The topological polar surface area (TPSA) is 49.3 Å². The molecule has 0 fully saturated rings. The third kappa shape index (κ3) is 4.28. The van der Waals surface area contributed by atoms with Gasteiger partial charge in [-0.15, -0.1) is 0 Å². The first-order valence-corrected chi connectivity index (χ1v) is 5.40. The van der Waals surface area contributed by atoms with Crippen LogP contribution in [-0.4, -0.2) is 23.7 Å². The normalized spacial score (nSPS) is 12.6. The fourth-order valence-electron chi connectivity index (χ4n) is 1.26. The fraction of sp³-hybridized carbons (Fsp3) is 0.308. The molecular formula is C13H17NO2. The maximum atomic E-state index is 11.4. The molecule has 0 unspecified atom stereocenters. The molecule has 86 valence electrons. The number of hydrogen-bond donors (Lipinski definition) is 2. The van der Waals surface area contributed by atoms with Crippen LogP contribution in [0.25, 0.3) is 6.08 Å². The van der Waals surface area contributed by atoms with E-state index in [9.17, 15) is 4.79 Å². The molecular weight excluding hydrogens is 202 g/mol. The third-order valence-electron chi connectivity index (χ3n) is 2.29. The van der Waals surface area contributed by atoms with Gasteiger partial charge in [0.1, 0.15) is 0 Å². The van der Waals surface area contributed by atoms with Gasteiger partial charge in [-0.1, -0.05) is 37.3 Å². The van der Waals surface area contributed by atoms with Gasteiger partial charge in [0.05, 0.1) is 12.6 Å². The van der Waals surface area contributed by atoms with Crippen LogP contribution in [0.2, 0.25) is 0 Å². The summed E-state index contributed by atoms with van der Waals surface area (Å²) in [5, 5.41) is 11.6. The Hall–Kier alpha value is -1.61. The maximum Gasteiger partial charge on any atom is 0.244 e. The van der Waals surface area contributed by atoms with E-state index in [0.717, 1.165) is 12.0 Å². The van der Waals surface area contributed by atoms with Crippen LogP contribution in [0, 0.1) is 0 Å². The summed E-state index contributed by atoms with van der Waals surface area (Å²) >= 11 is 0. The minimum absolute atomic E-state index is 0.0264. The van der Waals surface area contributed by atoms with Gasteiger partial charge in [0, 0.05) is 6.08 Å². The smallest absolute Gasteiger partial charge is 0.244 e. The lowest BCUT2D eigenvalue weighted by Crippen LogP contribution is -2.35. The highest BCUT2D eigenvalue weighted by atomic mass is 16.3. The minimum Gasteiger partial charge on any atom is -0.394 e. The van der Waals surface area contributed by atoms with Crippen molar-refractivity contribution < 1.29 is 9.90 Å². The summed E-state index contributed by atoms with van der Waals surface area (Å²) in [7, 11) is 0. The van der Waals surface area contributed by atoms with Crippen molar-refractivity contribution in [3.63, 3.8) is 0 Å². The zero-order valence-corrected chi connectivity index (χ0v) is 9.39. The molecule has 1 rings (SSSR count). The predicted molar refractivity (Wildman–Crippen MR) is 64.8 cm³/mol. The molecule has 1 amide bonds. The minimum atomic E-state index is -0.176. The molecule has 3 nitrogen and oxygen atoms in total. The van der Waals surface area contributed by atoms with Crippen LogP contribution in [0.5, 0.6) is 0 Å². The molecule has 0 aliphatic heterocycles. The van der Waals surface area contributed by atoms with Crippen molar-refractivity contribution in [3.8, 4) is 0 Å². The summed E-state index contributed by atoms with van der Waals surface area (Å²) in [6.45, 7) is 1.89. The third-order valence-corrected chi connectivity index (χ3v) is 2.29. The molecule has 0 spiro atoms. The van der Waals surface area contributed by atoms with Crippen LogP contribution in [0.3, 0.4) is 0 Å². The van der Waals surface area contributed by atoms with Crippen molar-refractivity contribution >= 4 is 12.0 Å². The number of rotatable bonds is 5. The molecule has 1 aromatic rings. The second-order valence-corrected chi connectivity index (χ2v) is 3.54. The Bertz CT molecular complexity index is 342. The number of aliphatic hydroxyl groups excluding tert-OH is 1. The van der Waals surface area contributed by atoms with Gasteiger partial charge >= 0.3 is 0 Å². The molecule has 0 aromatic heterocycles. The number of nitrogens with one attached hydrogen (secondary N) is 1. The van der Waals surface area contributed by atoms with E-state index in [0.29, 0.717) is 0 Å². The molecule has 0 aliphatic carbocycles. The molecule has 2 N–H and O–H groups in total. The second-order valence-electron chi connectivity index (χ2n) is 3.54. The van der Waals surface area contributed by atoms with E-state index < -0.39 is 0 Å². The number of benzene rings is 1. The second kappa shape index (κ2) is 6.80. The molecule has 0 saturated heterocycles. The van der Waals surface area contributed by atoms with Gasteiger partial charge in [0.2, 0.25) is 5.91 Å². The lowest BCUT2D eigenvalue weighted by Gasteiger charge is -2.11. The predicted octanol–water partition coefficient (Wildman–Crippen LogP) is 1.59. The number of amides is 1. The molecule has 0 radical (unpaired) electrons. The molecule has 0 aliphatic rings. The molecule has 0 heterocycles. The molecule has 0 saturated carbocycles. The van der Waals surface area contributed by atoms with E-state index >= 15 is 0 Å². The summed E-state index contributed by atoms with van der Waals surface area (Å²) in [4.78, 5) is 11.4. The van der Waals surface area contributed by atoms with Crippen molar-refractivity contribution in [1.29, 1.82) is 0 Å². The maximum absolute atomic E-state index is 11.4. The van der Waals surface area contributed by atoms with Crippen molar-refractivity contribution in [3.05, 3.63) is 42.0 Å². The Labute approximate surface area is 95.8 Å². The zero-order chi connectivity index (χ0) is 11.8. The van der Waals surface area contributed by atoms with Crippen LogP contribution >= 0.6 is 0 Å². The van der Waals surface area contributed by atoms with Gasteiger partial charge < -0.3 is 10.4 Å². The van der Waals surface area contributed by atoms with E-state index in [2.05, 4.69) is 5.32 Å². The Balaban J connectivity index is 2.48. The Morgan fingerprint density at radius 3 is 2.69 bits per heavy atom. The Morgan fingerprint density at radius 2 is 2.12 bits per heavy atom.